The molecule has 1 heterocycles. The lowest BCUT2D eigenvalue weighted by atomic mass is 9.91. The third kappa shape index (κ3) is 8.41. The number of carboxylic acids is 1. The van der Waals surface area contributed by atoms with Gasteiger partial charge in [0.25, 0.3) is 0 Å². The molecule has 208 valence electrons. The molecule has 0 aromatic heterocycles. The molecule has 0 spiro atoms. The zero-order valence-corrected chi connectivity index (χ0v) is 22.6. The molecule has 7 nitrogen and oxygen atoms in total. The molecule has 0 bridgehead atoms. The number of piperidine rings is 1. The first kappa shape index (κ1) is 29.4. The van der Waals surface area contributed by atoms with Gasteiger partial charge in [0.05, 0.1) is 18.1 Å². The van der Waals surface area contributed by atoms with E-state index in [0.717, 1.165) is 11.3 Å². The summed E-state index contributed by atoms with van der Waals surface area (Å²) in [6.07, 6.45) is -1.01. The van der Waals surface area contributed by atoms with E-state index < -0.39 is 29.6 Å². The van der Waals surface area contributed by atoms with Crippen molar-refractivity contribution in [2.24, 2.45) is 11.3 Å². The van der Waals surface area contributed by atoms with E-state index in [9.17, 15) is 19.1 Å². The Kier molecular flexibility index (Phi) is 10.1. The van der Waals surface area contributed by atoms with Gasteiger partial charge in [0.1, 0.15) is 17.7 Å². The smallest absolute Gasteiger partial charge is 0.318 e. The Balaban J connectivity index is 1.68. The molecule has 2 aromatic carbocycles. The van der Waals surface area contributed by atoms with E-state index in [0.29, 0.717) is 31.1 Å². The Morgan fingerprint density at radius 2 is 1.76 bits per heavy atom. The van der Waals surface area contributed by atoms with Gasteiger partial charge < -0.3 is 20.1 Å². The summed E-state index contributed by atoms with van der Waals surface area (Å²) in [5, 5.41) is 12.3. The van der Waals surface area contributed by atoms with E-state index in [1.54, 1.807) is 30.9 Å². The Bertz CT molecular complexity index is 1060. The fourth-order valence-electron chi connectivity index (χ4n) is 4.45. The van der Waals surface area contributed by atoms with Crippen molar-refractivity contribution in [2.75, 3.05) is 26.2 Å². The van der Waals surface area contributed by atoms with Crippen LogP contribution in [0.5, 0.6) is 5.75 Å². The average Bonchev–Trinajstić information content (AvgIpc) is 2.86. The second kappa shape index (κ2) is 13.0. The van der Waals surface area contributed by atoms with Crippen molar-refractivity contribution >= 4 is 12.0 Å². The molecule has 9 heteroatoms. The Morgan fingerprint density at radius 3 is 2.34 bits per heavy atom. The number of rotatable bonds is 11. The second-order valence-electron chi connectivity index (χ2n) is 11.1. The molecular weight excluding hydrogens is 492 g/mol. The van der Waals surface area contributed by atoms with Gasteiger partial charge in [-0.25, -0.2) is 13.6 Å². The molecule has 2 N–H and O–H groups in total. The SMILES string of the molecule is CC(C)COc1ccc(CNC(=O)N(Cc2ccc(F)cc2)[C@@H]2CCN(CC(C)(C)C(=O)O)C[C@@H]2F)cc1. The number of carbonyl (C=O) groups is 2. The highest BCUT2D eigenvalue weighted by molar-refractivity contribution is 5.75. The van der Waals surface area contributed by atoms with Crippen LogP contribution in [0.1, 0.15) is 45.2 Å². The minimum atomic E-state index is -1.36. The number of alkyl halides is 1. The first-order valence-corrected chi connectivity index (χ1v) is 13.0. The van der Waals surface area contributed by atoms with Gasteiger partial charge >= 0.3 is 12.0 Å². The highest BCUT2D eigenvalue weighted by atomic mass is 19.1. The van der Waals surface area contributed by atoms with Crippen LogP contribution in [-0.4, -0.2) is 65.4 Å². The molecule has 1 aliphatic heterocycles. The molecule has 3 rings (SSSR count). The molecule has 2 atom stereocenters. The zero-order chi connectivity index (χ0) is 27.9. The topological polar surface area (TPSA) is 82.1 Å². The zero-order valence-electron chi connectivity index (χ0n) is 22.6. The van der Waals surface area contributed by atoms with E-state index in [4.69, 9.17) is 4.74 Å². The molecule has 1 saturated heterocycles. The number of ether oxygens (including phenoxy) is 1. The fraction of sp³-hybridized carbons (Fsp3) is 0.517. The fourth-order valence-corrected chi connectivity index (χ4v) is 4.45. The Morgan fingerprint density at radius 1 is 1.13 bits per heavy atom. The number of hydrogen-bond donors (Lipinski definition) is 2. The largest absolute Gasteiger partial charge is 0.493 e. The number of amides is 2. The minimum absolute atomic E-state index is 0.0341. The van der Waals surface area contributed by atoms with Crippen LogP contribution >= 0.6 is 0 Å². The first-order valence-electron chi connectivity index (χ1n) is 13.0. The molecule has 2 amide bonds. The van der Waals surface area contributed by atoms with Gasteiger partial charge in [0.15, 0.2) is 0 Å². The van der Waals surface area contributed by atoms with E-state index in [1.807, 2.05) is 24.3 Å². The van der Waals surface area contributed by atoms with Crippen LogP contribution in [0.25, 0.3) is 0 Å². The maximum Gasteiger partial charge on any atom is 0.318 e. The van der Waals surface area contributed by atoms with Crippen LogP contribution in [-0.2, 0) is 17.9 Å². The number of nitrogens with zero attached hydrogens (tertiary/aromatic N) is 2. The van der Waals surface area contributed by atoms with Crippen molar-refractivity contribution in [3.05, 3.63) is 65.5 Å². The van der Waals surface area contributed by atoms with E-state index >= 15 is 4.39 Å². The quantitative estimate of drug-likeness (QED) is 0.422. The van der Waals surface area contributed by atoms with E-state index in [1.165, 1.54) is 17.0 Å². The number of benzene rings is 2. The first-order chi connectivity index (χ1) is 17.9. The van der Waals surface area contributed by atoms with Crippen molar-refractivity contribution in [1.29, 1.82) is 0 Å². The number of carboxylic acid groups (broad SMARTS) is 1. The van der Waals surface area contributed by atoms with Gasteiger partial charge in [-0.15, -0.1) is 0 Å². The molecule has 0 unspecified atom stereocenters. The maximum atomic E-state index is 15.5. The van der Waals surface area contributed by atoms with Gasteiger partial charge in [-0.2, -0.15) is 0 Å². The molecule has 0 radical (unpaired) electrons. The molecule has 1 aliphatic rings. The van der Waals surface area contributed by atoms with Crippen LogP contribution in [0.15, 0.2) is 48.5 Å². The average molecular weight is 532 g/mol. The van der Waals surface area contributed by atoms with Crippen LogP contribution in [0, 0.1) is 17.2 Å². The highest BCUT2D eigenvalue weighted by Crippen LogP contribution is 2.26. The molecular formula is C29H39F2N3O4. The van der Waals surface area contributed by atoms with Gasteiger partial charge in [-0.1, -0.05) is 38.1 Å². The Hall–Kier alpha value is -3.20. The molecule has 0 aliphatic carbocycles. The highest BCUT2D eigenvalue weighted by Gasteiger charge is 2.39. The number of hydrogen-bond acceptors (Lipinski definition) is 4. The van der Waals surface area contributed by atoms with Crippen LogP contribution in [0.2, 0.25) is 0 Å². The van der Waals surface area contributed by atoms with Crippen molar-refractivity contribution in [1.82, 2.24) is 15.1 Å². The molecule has 0 saturated carbocycles. The van der Waals surface area contributed by atoms with Crippen molar-refractivity contribution in [3.63, 3.8) is 0 Å². The third-order valence-corrected chi connectivity index (χ3v) is 6.67. The standard InChI is InChI=1S/C29H39F2N3O4/c1-20(2)18-38-24-11-7-21(8-12-24)15-32-28(37)34(16-22-5-9-23(30)10-6-22)26-13-14-33(17-25(26)31)19-29(3,4)27(35)36/h5-12,20,25-26H,13-19H2,1-4H3,(H,32,37)(H,35,36)/t25-,26+/m0/s1. The lowest BCUT2D eigenvalue weighted by Crippen LogP contribution is -2.57. The monoisotopic (exact) mass is 531 g/mol. The summed E-state index contributed by atoms with van der Waals surface area (Å²) in [7, 11) is 0. The van der Waals surface area contributed by atoms with E-state index in [-0.39, 0.29) is 32.0 Å². The van der Waals surface area contributed by atoms with Crippen molar-refractivity contribution in [2.45, 2.75) is 59.4 Å². The maximum absolute atomic E-state index is 15.5. The minimum Gasteiger partial charge on any atom is -0.493 e. The van der Waals surface area contributed by atoms with Crippen LogP contribution < -0.4 is 10.1 Å². The van der Waals surface area contributed by atoms with Crippen LogP contribution in [0.3, 0.4) is 0 Å². The van der Waals surface area contributed by atoms with E-state index in [2.05, 4.69) is 19.2 Å². The molecule has 38 heavy (non-hydrogen) atoms. The molecule has 2 aromatic rings. The summed E-state index contributed by atoms with van der Waals surface area (Å²) in [5.74, 6) is -0.157. The summed E-state index contributed by atoms with van der Waals surface area (Å²) in [5.41, 5.74) is 0.557. The van der Waals surface area contributed by atoms with Gasteiger partial charge in [0, 0.05) is 32.7 Å². The predicted molar refractivity (Wildman–Crippen MR) is 142 cm³/mol. The van der Waals surface area contributed by atoms with Crippen LogP contribution in [0.4, 0.5) is 13.6 Å². The summed E-state index contributed by atoms with van der Waals surface area (Å²) >= 11 is 0. The number of nitrogens with one attached hydrogen (secondary N) is 1. The van der Waals surface area contributed by atoms with Gasteiger partial charge in [-0.05, 0) is 61.6 Å². The van der Waals surface area contributed by atoms with Gasteiger partial charge in [-0.3, -0.25) is 9.69 Å². The number of aliphatic carboxylic acids is 1. The summed E-state index contributed by atoms with van der Waals surface area (Å²) in [6.45, 7) is 9.10. The Labute approximate surface area is 223 Å². The number of halogens is 2. The number of likely N-dealkylation sites (tertiary alicyclic amines) is 1. The predicted octanol–water partition coefficient (Wildman–Crippen LogP) is 5.10. The normalized spacial score (nSPS) is 18.3. The lowest BCUT2D eigenvalue weighted by molar-refractivity contribution is -0.148. The molecule has 1 fully saturated rings. The van der Waals surface area contributed by atoms with Gasteiger partial charge in [0.2, 0.25) is 0 Å². The van der Waals surface area contributed by atoms with Crippen molar-refractivity contribution in [3.8, 4) is 5.75 Å². The summed E-state index contributed by atoms with van der Waals surface area (Å²) in [4.78, 5) is 28.1. The second-order valence-corrected chi connectivity index (χ2v) is 11.1. The summed E-state index contributed by atoms with van der Waals surface area (Å²) < 4.78 is 34.7. The summed E-state index contributed by atoms with van der Waals surface area (Å²) in [6, 6.07) is 12.2. The van der Waals surface area contributed by atoms with Crippen molar-refractivity contribution < 1.29 is 28.2 Å². The number of carbonyl (C=O) groups excluding carboxylic acids is 1. The number of urea groups is 1. The third-order valence-electron chi connectivity index (χ3n) is 6.67. The lowest BCUT2D eigenvalue weighted by Gasteiger charge is -2.42.